The van der Waals surface area contributed by atoms with Crippen LogP contribution in [0.15, 0.2) is 0 Å². The summed E-state index contributed by atoms with van der Waals surface area (Å²) in [5, 5.41) is 0. The van der Waals surface area contributed by atoms with E-state index in [2.05, 4.69) is 25.7 Å². The number of ether oxygens (including phenoxy) is 1. The highest BCUT2D eigenvalue weighted by Crippen LogP contribution is 2.13. The number of hydrogen-bond acceptors (Lipinski definition) is 3. The molecule has 0 spiro atoms. The molecule has 78 valence electrons. The summed E-state index contributed by atoms with van der Waals surface area (Å²) in [5.41, 5.74) is 5.93. The Morgan fingerprint density at radius 3 is 2.85 bits per heavy atom. The van der Waals surface area contributed by atoms with Gasteiger partial charge < -0.3 is 10.5 Å². The maximum Gasteiger partial charge on any atom is 0.0700 e. The van der Waals surface area contributed by atoms with Gasteiger partial charge in [0.25, 0.3) is 0 Å². The Morgan fingerprint density at radius 2 is 2.23 bits per heavy atom. The summed E-state index contributed by atoms with van der Waals surface area (Å²) in [6, 6.07) is 0.819. The second-order valence-electron chi connectivity index (χ2n) is 3.98. The van der Waals surface area contributed by atoms with Gasteiger partial charge in [0.1, 0.15) is 0 Å². The molecule has 0 radical (unpaired) electrons. The zero-order valence-electron chi connectivity index (χ0n) is 8.99. The van der Waals surface area contributed by atoms with Crippen molar-refractivity contribution in [2.24, 2.45) is 5.73 Å². The average molecular weight is 186 g/mol. The first-order valence-electron chi connectivity index (χ1n) is 5.26. The molecule has 3 atom stereocenters. The zero-order chi connectivity index (χ0) is 9.84. The average Bonchev–Trinajstić information content (AvgIpc) is 2.13. The Balaban J connectivity index is 2.39. The van der Waals surface area contributed by atoms with E-state index in [1.54, 1.807) is 0 Å². The summed E-state index contributed by atoms with van der Waals surface area (Å²) in [5.74, 6) is 0. The fourth-order valence-corrected chi connectivity index (χ4v) is 1.68. The topological polar surface area (TPSA) is 38.5 Å². The van der Waals surface area contributed by atoms with Crippen LogP contribution in [0.2, 0.25) is 0 Å². The molecule has 2 unspecified atom stereocenters. The van der Waals surface area contributed by atoms with Crippen molar-refractivity contribution in [1.82, 2.24) is 4.90 Å². The first-order valence-corrected chi connectivity index (χ1v) is 5.26. The lowest BCUT2D eigenvalue weighted by molar-refractivity contribution is -0.0567. The van der Waals surface area contributed by atoms with E-state index in [4.69, 9.17) is 10.5 Å². The highest BCUT2D eigenvalue weighted by molar-refractivity contribution is 4.80. The first kappa shape index (κ1) is 11.0. The minimum Gasteiger partial charge on any atom is -0.376 e. The van der Waals surface area contributed by atoms with Gasteiger partial charge in [0, 0.05) is 25.2 Å². The van der Waals surface area contributed by atoms with Gasteiger partial charge in [-0.3, -0.25) is 4.90 Å². The molecular weight excluding hydrogens is 164 g/mol. The van der Waals surface area contributed by atoms with Crippen molar-refractivity contribution >= 4 is 0 Å². The third-order valence-corrected chi connectivity index (χ3v) is 3.01. The largest absolute Gasteiger partial charge is 0.376 e. The van der Waals surface area contributed by atoms with E-state index >= 15 is 0 Å². The molecule has 0 aliphatic carbocycles. The van der Waals surface area contributed by atoms with Gasteiger partial charge in [-0.1, -0.05) is 6.92 Å². The van der Waals surface area contributed by atoms with Crippen LogP contribution < -0.4 is 5.73 Å². The molecule has 0 amide bonds. The monoisotopic (exact) mass is 186 g/mol. The molecule has 1 fully saturated rings. The van der Waals surface area contributed by atoms with Gasteiger partial charge in [0.2, 0.25) is 0 Å². The quantitative estimate of drug-likeness (QED) is 0.709. The molecular formula is C10H22N2O. The van der Waals surface area contributed by atoms with Gasteiger partial charge >= 0.3 is 0 Å². The van der Waals surface area contributed by atoms with Gasteiger partial charge in [-0.15, -0.1) is 0 Å². The fourth-order valence-electron chi connectivity index (χ4n) is 1.68. The zero-order valence-corrected chi connectivity index (χ0v) is 8.99. The van der Waals surface area contributed by atoms with Crippen LogP contribution in [0.5, 0.6) is 0 Å². The van der Waals surface area contributed by atoms with Gasteiger partial charge in [-0.05, 0) is 20.3 Å². The highest BCUT2D eigenvalue weighted by atomic mass is 16.5. The van der Waals surface area contributed by atoms with E-state index in [1.807, 2.05) is 0 Å². The molecule has 1 rings (SSSR count). The maximum absolute atomic E-state index is 5.93. The summed E-state index contributed by atoms with van der Waals surface area (Å²) in [4.78, 5) is 2.43. The predicted octanol–water partition coefficient (Wildman–Crippen LogP) is 0.833. The minimum absolute atomic E-state index is 0.313. The lowest BCUT2D eigenvalue weighted by atomic mass is 10.1. The standard InChI is InChI=1S/C10H22N2O/c1-4-10(11)7-12-5-6-13-9(3)8(12)2/h8-10H,4-7,11H2,1-3H3/t8?,9?,10-/m1/s1. The molecule has 0 bridgehead atoms. The number of morpholine rings is 1. The molecule has 0 aromatic rings. The Kier molecular flexibility index (Phi) is 4.16. The lowest BCUT2D eigenvalue weighted by Crippen LogP contribution is -2.52. The number of nitrogens with zero attached hydrogens (tertiary/aromatic N) is 1. The smallest absolute Gasteiger partial charge is 0.0700 e. The maximum atomic E-state index is 5.93. The minimum atomic E-state index is 0.313. The normalized spacial score (nSPS) is 33.2. The molecule has 1 aliphatic rings. The van der Waals surface area contributed by atoms with Crippen LogP contribution in [-0.4, -0.2) is 42.8 Å². The van der Waals surface area contributed by atoms with E-state index in [-0.39, 0.29) is 0 Å². The first-order chi connectivity index (χ1) is 6.15. The van der Waals surface area contributed by atoms with Gasteiger partial charge in [0.05, 0.1) is 12.7 Å². The van der Waals surface area contributed by atoms with Gasteiger partial charge in [0.15, 0.2) is 0 Å². The van der Waals surface area contributed by atoms with E-state index in [9.17, 15) is 0 Å². The lowest BCUT2D eigenvalue weighted by Gasteiger charge is -2.38. The van der Waals surface area contributed by atoms with Crippen LogP contribution in [0, 0.1) is 0 Å². The second-order valence-corrected chi connectivity index (χ2v) is 3.98. The van der Waals surface area contributed by atoms with Crippen LogP contribution in [0.3, 0.4) is 0 Å². The van der Waals surface area contributed by atoms with Crippen molar-refractivity contribution < 1.29 is 4.74 Å². The summed E-state index contributed by atoms with van der Waals surface area (Å²) >= 11 is 0. The van der Waals surface area contributed by atoms with Crippen molar-refractivity contribution in [3.8, 4) is 0 Å². The summed E-state index contributed by atoms with van der Waals surface area (Å²) < 4.78 is 5.55. The van der Waals surface area contributed by atoms with Crippen molar-refractivity contribution in [3.63, 3.8) is 0 Å². The summed E-state index contributed by atoms with van der Waals surface area (Å²) in [6.07, 6.45) is 1.40. The Bertz CT molecular complexity index is 152. The molecule has 3 nitrogen and oxygen atoms in total. The third-order valence-electron chi connectivity index (χ3n) is 3.01. The van der Waals surface area contributed by atoms with Crippen LogP contribution in [0.25, 0.3) is 0 Å². The van der Waals surface area contributed by atoms with Gasteiger partial charge in [-0.2, -0.15) is 0 Å². The molecule has 1 saturated heterocycles. The van der Waals surface area contributed by atoms with Crippen molar-refractivity contribution in [1.29, 1.82) is 0 Å². The highest BCUT2D eigenvalue weighted by Gasteiger charge is 2.25. The van der Waals surface area contributed by atoms with Crippen LogP contribution in [0.1, 0.15) is 27.2 Å². The molecule has 1 aliphatic heterocycles. The number of rotatable bonds is 3. The van der Waals surface area contributed by atoms with Crippen LogP contribution in [-0.2, 0) is 4.74 Å². The van der Waals surface area contributed by atoms with Crippen molar-refractivity contribution in [3.05, 3.63) is 0 Å². The van der Waals surface area contributed by atoms with E-state index in [1.165, 1.54) is 0 Å². The fraction of sp³-hybridized carbons (Fsp3) is 1.00. The van der Waals surface area contributed by atoms with Crippen molar-refractivity contribution in [2.45, 2.75) is 45.4 Å². The number of hydrogen-bond donors (Lipinski definition) is 1. The van der Waals surface area contributed by atoms with E-state index in [0.29, 0.717) is 18.2 Å². The van der Waals surface area contributed by atoms with Crippen LogP contribution >= 0.6 is 0 Å². The second kappa shape index (κ2) is 4.94. The third kappa shape index (κ3) is 2.93. The molecule has 1 heterocycles. The van der Waals surface area contributed by atoms with Crippen LogP contribution in [0.4, 0.5) is 0 Å². The van der Waals surface area contributed by atoms with Crippen molar-refractivity contribution in [2.75, 3.05) is 19.7 Å². The summed E-state index contributed by atoms with van der Waals surface area (Å²) in [7, 11) is 0. The SMILES string of the molecule is CC[C@@H](N)CN1CCOC(C)C1C. The molecule has 0 aromatic carbocycles. The van der Waals surface area contributed by atoms with Gasteiger partial charge in [-0.25, -0.2) is 0 Å². The predicted molar refractivity (Wildman–Crippen MR) is 54.7 cm³/mol. The molecule has 0 aromatic heterocycles. The molecule has 2 N–H and O–H groups in total. The van der Waals surface area contributed by atoms with E-state index < -0.39 is 0 Å². The molecule has 3 heteroatoms. The Hall–Kier alpha value is -0.120. The van der Waals surface area contributed by atoms with E-state index in [0.717, 1.165) is 26.1 Å². The Labute approximate surface area is 81.2 Å². The molecule has 0 saturated carbocycles. The number of nitrogens with two attached hydrogens (primary N) is 1. The molecule has 13 heavy (non-hydrogen) atoms. The summed E-state index contributed by atoms with van der Waals surface area (Å²) in [6.45, 7) is 9.37. The Morgan fingerprint density at radius 1 is 1.54 bits per heavy atom.